The van der Waals surface area contributed by atoms with Gasteiger partial charge in [-0.1, -0.05) is 13.8 Å². The highest BCUT2D eigenvalue weighted by Gasteiger charge is 2.28. The topological polar surface area (TPSA) is 91.2 Å². The lowest BCUT2D eigenvalue weighted by molar-refractivity contribution is -0.133. The average molecular weight is 505 g/mol. The lowest BCUT2D eigenvalue weighted by Gasteiger charge is -2.40. The SMILES string of the molecule is CC(C)CN1CC(n2cc(Nc3ncc(Br)c(NCCCN4CCCCC4=O)n3)cn2)C1. The van der Waals surface area contributed by atoms with Crippen molar-refractivity contribution in [3.63, 3.8) is 0 Å². The summed E-state index contributed by atoms with van der Waals surface area (Å²) in [6, 6.07) is 0.430. The first-order chi connectivity index (χ1) is 15.5. The Bertz CT molecular complexity index is 911. The first-order valence-corrected chi connectivity index (χ1v) is 12.3. The second kappa shape index (κ2) is 10.6. The zero-order valence-corrected chi connectivity index (χ0v) is 20.5. The van der Waals surface area contributed by atoms with E-state index in [4.69, 9.17) is 0 Å². The summed E-state index contributed by atoms with van der Waals surface area (Å²) in [5.41, 5.74) is 0.879. The van der Waals surface area contributed by atoms with Gasteiger partial charge in [0.1, 0.15) is 5.82 Å². The Morgan fingerprint density at radius 2 is 2.09 bits per heavy atom. The van der Waals surface area contributed by atoms with Crippen molar-refractivity contribution >= 4 is 39.3 Å². The van der Waals surface area contributed by atoms with Crippen LogP contribution in [0.25, 0.3) is 0 Å². The molecule has 0 saturated carbocycles. The molecule has 2 aliphatic heterocycles. The smallest absolute Gasteiger partial charge is 0.229 e. The Labute approximate surface area is 198 Å². The molecule has 9 nitrogen and oxygen atoms in total. The number of halogens is 1. The molecule has 32 heavy (non-hydrogen) atoms. The van der Waals surface area contributed by atoms with E-state index in [1.165, 1.54) is 0 Å². The van der Waals surface area contributed by atoms with Crippen LogP contribution in [0.5, 0.6) is 0 Å². The molecule has 4 heterocycles. The molecule has 2 aliphatic rings. The number of carbonyl (C=O) groups excluding carboxylic acids is 1. The van der Waals surface area contributed by atoms with E-state index in [9.17, 15) is 4.79 Å². The van der Waals surface area contributed by atoms with Gasteiger partial charge in [-0.3, -0.25) is 14.4 Å². The second-order valence-corrected chi connectivity index (χ2v) is 9.96. The van der Waals surface area contributed by atoms with Crippen LogP contribution in [0.15, 0.2) is 23.1 Å². The van der Waals surface area contributed by atoms with Gasteiger partial charge in [0.2, 0.25) is 11.9 Å². The highest BCUT2D eigenvalue weighted by atomic mass is 79.9. The standard InChI is InChI=1S/C22H33BrN8O/c1-16(2)12-29-14-18(15-29)31-13-17(10-26-31)27-22-25-11-19(23)21(28-22)24-7-5-9-30-8-4-3-6-20(30)32/h10-11,13,16,18H,3-9,12,14-15H2,1-2H3,(H2,24,25,27,28). The van der Waals surface area contributed by atoms with E-state index in [-0.39, 0.29) is 5.91 Å². The fourth-order valence-electron chi connectivity index (χ4n) is 4.23. The van der Waals surface area contributed by atoms with Crippen molar-refractivity contribution in [2.75, 3.05) is 49.9 Å². The minimum atomic E-state index is 0.279. The van der Waals surface area contributed by atoms with Gasteiger partial charge in [-0.15, -0.1) is 0 Å². The molecule has 2 N–H and O–H groups in total. The molecule has 0 radical (unpaired) electrons. The monoisotopic (exact) mass is 504 g/mol. The number of nitrogens with one attached hydrogen (secondary N) is 2. The van der Waals surface area contributed by atoms with Gasteiger partial charge in [0.25, 0.3) is 0 Å². The summed E-state index contributed by atoms with van der Waals surface area (Å²) >= 11 is 3.52. The molecule has 10 heteroatoms. The fourth-order valence-corrected chi connectivity index (χ4v) is 4.56. The Morgan fingerprint density at radius 1 is 1.25 bits per heavy atom. The zero-order chi connectivity index (χ0) is 22.5. The Morgan fingerprint density at radius 3 is 2.88 bits per heavy atom. The number of aromatic nitrogens is 4. The number of anilines is 3. The molecule has 0 aromatic carbocycles. The number of hydrogen-bond acceptors (Lipinski definition) is 7. The van der Waals surface area contributed by atoms with Crippen LogP contribution in [0, 0.1) is 5.92 Å². The first kappa shape index (κ1) is 23.0. The lowest BCUT2D eigenvalue weighted by Crippen LogP contribution is -2.49. The van der Waals surface area contributed by atoms with E-state index < -0.39 is 0 Å². The molecule has 0 spiro atoms. The zero-order valence-electron chi connectivity index (χ0n) is 18.9. The normalized spacial score (nSPS) is 17.6. The second-order valence-electron chi connectivity index (χ2n) is 9.11. The third kappa shape index (κ3) is 5.98. The van der Waals surface area contributed by atoms with Crippen molar-refractivity contribution in [1.29, 1.82) is 0 Å². The Kier molecular flexibility index (Phi) is 7.62. The van der Waals surface area contributed by atoms with Gasteiger partial charge in [0.15, 0.2) is 0 Å². The molecule has 1 amide bonds. The largest absolute Gasteiger partial charge is 0.369 e. The van der Waals surface area contributed by atoms with Crippen molar-refractivity contribution in [2.24, 2.45) is 5.92 Å². The van der Waals surface area contributed by atoms with Crippen molar-refractivity contribution in [3.05, 3.63) is 23.1 Å². The van der Waals surface area contributed by atoms with Crippen LogP contribution in [-0.4, -0.2) is 74.7 Å². The molecule has 174 valence electrons. The van der Waals surface area contributed by atoms with Crippen molar-refractivity contribution < 1.29 is 4.79 Å². The van der Waals surface area contributed by atoms with Gasteiger partial charge in [-0.2, -0.15) is 10.1 Å². The Hall–Kier alpha value is -2.20. The van der Waals surface area contributed by atoms with Crippen LogP contribution in [-0.2, 0) is 4.79 Å². The van der Waals surface area contributed by atoms with E-state index in [2.05, 4.69) is 60.4 Å². The number of likely N-dealkylation sites (tertiary alicyclic amines) is 2. The van der Waals surface area contributed by atoms with Crippen LogP contribution in [0.4, 0.5) is 17.5 Å². The molecule has 0 aliphatic carbocycles. The molecule has 0 atom stereocenters. The Balaban J connectivity index is 1.26. The number of hydrogen-bond donors (Lipinski definition) is 2. The molecule has 2 fully saturated rings. The summed E-state index contributed by atoms with van der Waals surface area (Å²) in [7, 11) is 0. The van der Waals surface area contributed by atoms with Gasteiger partial charge in [-0.25, -0.2) is 4.98 Å². The predicted octanol–water partition coefficient (Wildman–Crippen LogP) is 3.51. The molecule has 2 aromatic heterocycles. The van der Waals surface area contributed by atoms with Crippen molar-refractivity contribution in [1.82, 2.24) is 29.5 Å². The summed E-state index contributed by atoms with van der Waals surface area (Å²) < 4.78 is 2.84. The molecule has 2 aromatic rings. The molecular weight excluding hydrogens is 472 g/mol. The van der Waals surface area contributed by atoms with Crippen LogP contribution in [0.2, 0.25) is 0 Å². The van der Waals surface area contributed by atoms with E-state index in [0.717, 1.165) is 74.5 Å². The maximum Gasteiger partial charge on any atom is 0.229 e. The summed E-state index contributed by atoms with van der Waals surface area (Å²) in [6.07, 6.45) is 9.28. The predicted molar refractivity (Wildman–Crippen MR) is 129 cm³/mol. The van der Waals surface area contributed by atoms with Gasteiger partial charge >= 0.3 is 0 Å². The van der Waals surface area contributed by atoms with E-state index in [1.54, 1.807) is 6.20 Å². The number of amides is 1. The van der Waals surface area contributed by atoms with Gasteiger partial charge in [0.05, 0.1) is 22.4 Å². The maximum atomic E-state index is 11.9. The molecule has 0 bridgehead atoms. The van der Waals surface area contributed by atoms with Crippen LogP contribution >= 0.6 is 15.9 Å². The highest BCUT2D eigenvalue weighted by molar-refractivity contribution is 9.10. The third-order valence-electron chi connectivity index (χ3n) is 5.86. The molecular formula is C22H33BrN8O. The summed E-state index contributed by atoms with van der Waals surface area (Å²) in [6.45, 7) is 10.1. The minimum Gasteiger partial charge on any atom is -0.369 e. The number of rotatable bonds is 10. The summed E-state index contributed by atoms with van der Waals surface area (Å²) in [5, 5.41) is 11.1. The number of piperidine rings is 1. The first-order valence-electron chi connectivity index (χ1n) is 11.6. The van der Waals surface area contributed by atoms with Gasteiger partial charge < -0.3 is 15.5 Å². The van der Waals surface area contributed by atoms with Crippen molar-refractivity contribution in [2.45, 2.75) is 45.6 Å². The molecule has 4 rings (SSSR count). The van der Waals surface area contributed by atoms with E-state index >= 15 is 0 Å². The van der Waals surface area contributed by atoms with Crippen LogP contribution in [0.3, 0.4) is 0 Å². The summed E-state index contributed by atoms with van der Waals surface area (Å²) in [5.74, 6) is 2.23. The quantitative estimate of drug-likeness (QED) is 0.478. The highest BCUT2D eigenvalue weighted by Crippen LogP contribution is 2.25. The molecule has 2 saturated heterocycles. The van der Waals surface area contributed by atoms with E-state index in [1.807, 2.05) is 22.0 Å². The van der Waals surface area contributed by atoms with Gasteiger partial charge in [0, 0.05) is 58.1 Å². The minimum absolute atomic E-state index is 0.279. The van der Waals surface area contributed by atoms with Gasteiger partial charge in [-0.05, 0) is 41.1 Å². The number of carbonyl (C=O) groups is 1. The maximum absolute atomic E-state index is 11.9. The average Bonchev–Trinajstić information content (AvgIpc) is 3.18. The lowest BCUT2D eigenvalue weighted by atomic mass is 10.1. The fraction of sp³-hybridized carbons (Fsp3) is 0.636. The van der Waals surface area contributed by atoms with Crippen molar-refractivity contribution in [3.8, 4) is 0 Å². The van der Waals surface area contributed by atoms with Crippen LogP contribution in [0.1, 0.15) is 45.6 Å². The third-order valence-corrected chi connectivity index (χ3v) is 6.44. The summed E-state index contributed by atoms with van der Waals surface area (Å²) in [4.78, 5) is 25.3. The van der Waals surface area contributed by atoms with E-state index in [0.29, 0.717) is 24.3 Å². The number of nitrogens with zero attached hydrogens (tertiary/aromatic N) is 6. The van der Waals surface area contributed by atoms with Crippen LogP contribution < -0.4 is 10.6 Å². The molecule has 0 unspecified atom stereocenters.